The van der Waals surface area contributed by atoms with Crippen LogP contribution in [-0.2, 0) is 4.74 Å². The summed E-state index contributed by atoms with van der Waals surface area (Å²) in [6, 6.07) is 13.3. The zero-order valence-electron chi connectivity index (χ0n) is 16.8. The molecule has 0 saturated carbocycles. The van der Waals surface area contributed by atoms with Crippen LogP contribution in [0, 0.1) is 23.2 Å². The first kappa shape index (κ1) is 19.9. The number of hydrogen-bond donors (Lipinski definition) is 3. The van der Waals surface area contributed by atoms with Gasteiger partial charge in [-0.3, -0.25) is 0 Å². The van der Waals surface area contributed by atoms with Crippen molar-refractivity contribution >= 4 is 27.6 Å². The van der Waals surface area contributed by atoms with E-state index in [9.17, 15) is 10.2 Å². The molecule has 0 radical (unpaired) electrons. The van der Waals surface area contributed by atoms with E-state index >= 15 is 0 Å². The quantitative estimate of drug-likeness (QED) is 0.409. The Bertz CT molecular complexity index is 1450. The molecular formula is C23H18N6O3. The highest BCUT2D eigenvalue weighted by Gasteiger charge is 2.36. The van der Waals surface area contributed by atoms with E-state index in [1.54, 1.807) is 6.07 Å². The van der Waals surface area contributed by atoms with Crippen molar-refractivity contribution in [3.05, 3.63) is 59.5 Å². The van der Waals surface area contributed by atoms with Gasteiger partial charge in [0.05, 0.1) is 29.7 Å². The van der Waals surface area contributed by atoms with Crippen molar-refractivity contribution in [2.75, 3.05) is 12.3 Å². The molecule has 0 bridgehead atoms. The van der Waals surface area contributed by atoms with E-state index in [1.165, 1.54) is 11.0 Å². The Labute approximate surface area is 182 Å². The number of nitrogens with two attached hydrogens (primary N) is 1. The monoisotopic (exact) mass is 426 g/mol. The molecule has 4 aromatic rings. The SMILES string of the molecule is N#Cc1ccc2cc(C#Cc3nn([C@H]4C[C@H](O)[C@@H](CO)O4)c4ncnc(N)c34)ccc2c1. The van der Waals surface area contributed by atoms with Crippen molar-refractivity contribution in [1.29, 1.82) is 5.26 Å². The fourth-order valence-electron chi connectivity index (χ4n) is 3.84. The summed E-state index contributed by atoms with van der Waals surface area (Å²) in [7, 11) is 0. The highest BCUT2D eigenvalue weighted by Crippen LogP contribution is 2.32. The van der Waals surface area contributed by atoms with Crippen molar-refractivity contribution in [3.8, 4) is 17.9 Å². The van der Waals surface area contributed by atoms with Crippen molar-refractivity contribution in [3.63, 3.8) is 0 Å². The number of rotatable bonds is 2. The Balaban J connectivity index is 1.55. The van der Waals surface area contributed by atoms with Crippen LogP contribution in [0.25, 0.3) is 21.8 Å². The van der Waals surface area contributed by atoms with E-state index in [2.05, 4.69) is 33.0 Å². The van der Waals surface area contributed by atoms with Crippen LogP contribution in [0.5, 0.6) is 0 Å². The summed E-state index contributed by atoms with van der Waals surface area (Å²) >= 11 is 0. The van der Waals surface area contributed by atoms with Gasteiger partial charge in [0.1, 0.15) is 23.9 Å². The zero-order chi connectivity index (χ0) is 22.2. The van der Waals surface area contributed by atoms with E-state index in [1.807, 2.05) is 30.3 Å². The minimum atomic E-state index is -0.808. The topological polar surface area (TPSA) is 143 Å². The van der Waals surface area contributed by atoms with Gasteiger partial charge in [0, 0.05) is 12.0 Å². The molecule has 158 valence electrons. The first-order chi connectivity index (χ1) is 15.6. The molecule has 1 fully saturated rings. The maximum absolute atomic E-state index is 10.1. The number of aromatic nitrogens is 4. The highest BCUT2D eigenvalue weighted by molar-refractivity contribution is 5.91. The van der Waals surface area contributed by atoms with Gasteiger partial charge in [-0.2, -0.15) is 10.4 Å². The molecule has 9 heteroatoms. The molecule has 1 aliphatic rings. The molecule has 0 spiro atoms. The van der Waals surface area contributed by atoms with Crippen LogP contribution in [0.4, 0.5) is 5.82 Å². The molecule has 3 atom stereocenters. The largest absolute Gasteiger partial charge is 0.394 e. The molecule has 1 aliphatic heterocycles. The lowest BCUT2D eigenvalue weighted by Gasteiger charge is -2.12. The van der Waals surface area contributed by atoms with Gasteiger partial charge in [-0.1, -0.05) is 18.1 Å². The number of benzene rings is 2. The van der Waals surface area contributed by atoms with Gasteiger partial charge in [-0.15, -0.1) is 0 Å². The average Bonchev–Trinajstić information content (AvgIpc) is 3.38. The zero-order valence-corrected chi connectivity index (χ0v) is 16.8. The first-order valence-electron chi connectivity index (χ1n) is 9.96. The summed E-state index contributed by atoms with van der Waals surface area (Å²) in [6.45, 7) is -0.293. The number of nitriles is 1. The van der Waals surface area contributed by atoms with Crippen LogP contribution < -0.4 is 5.73 Å². The molecule has 3 heterocycles. The van der Waals surface area contributed by atoms with Gasteiger partial charge in [0.25, 0.3) is 0 Å². The second-order valence-corrected chi connectivity index (χ2v) is 7.50. The van der Waals surface area contributed by atoms with E-state index < -0.39 is 18.4 Å². The maximum Gasteiger partial charge on any atom is 0.167 e. The normalized spacial score (nSPS) is 20.2. The fourth-order valence-corrected chi connectivity index (χ4v) is 3.84. The second-order valence-electron chi connectivity index (χ2n) is 7.50. The Morgan fingerprint density at radius 1 is 1.12 bits per heavy atom. The van der Waals surface area contributed by atoms with Gasteiger partial charge in [0.2, 0.25) is 0 Å². The van der Waals surface area contributed by atoms with E-state index in [4.69, 9.17) is 15.7 Å². The van der Waals surface area contributed by atoms with Crippen LogP contribution in [-0.4, -0.2) is 48.8 Å². The van der Waals surface area contributed by atoms with Gasteiger partial charge in [0.15, 0.2) is 11.9 Å². The lowest BCUT2D eigenvalue weighted by atomic mass is 10.0. The molecule has 2 aromatic heterocycles. The Hall–Kier alpha value is -4.02. The first-order valence-corrected chi connectivity index (χ1v) is 9.96. The van der Waals surface area contributed by atoms with Crippen LogP contribution in [0.15, 0.2) is 42.7 Å². The van der Waals surface area contributed by atoms with E-state index in [0.29, 0.717) is 22.3 Å². The van der Waals surface area contributed by atoms with Crippen molar-refractivity contribution in [2.24, 2.45) is 0 Å². The van der Waals surface area contributed by atoms with Gasteiger partial charge >= 0.3 is 0 Å². The molecule has 0 amide bonds. The van der Waals surface area contributed by atoms with Crippen molar-refractivity contribution in [1.82, 2.24) is 19.7 Å². The minimum Gasteiger partial charge on any atom is -0.394 e. The smallest absolute Gasteiger partial charge is 0.167 e. The summed E-state index contributed by atoms with van der Waals surface area (Å²) in [5, 5.41) is 35.5. The predicted octanol–water partition coefficient (Wildman–Crippen LogP) is 1.47. The third-order valence-electron chi connectivity index (χ3n) is 5.47. The summed E-state index contributed by atoms with van der Waals surface area (Å²) in [4.78, 5) is 8.34. The standard InChI is InChI=1S/C23H18N6O3/c24-10-14-2-5-15-7-13(1-4-16(15)8-14)3-6-17-21-22(25)26-12-27-23(21)29(28-17)20-9-18(31)19(11-30)32-20/h1-2,4-5,7-8,12,18-20,30-31H,9,11H2,(H2,25,26,27)/t18-,19+,20+/m0/s1. The molecule has 0 aliphatic carbocycles. The maximum atomic E-state index is 10.1. The third kappa shape index (κ3) is 3.41. The third-order valence-corrected chi connectivity index (χ3v) is 5.47. The van der Waals surface area contributed by atoms with Crippen LogP contribution in [0.2, 0.25) is 0 Å². The number of fused-ring (bicyclic) bond motifs is 2. The van der Waals surface area contributed by atoms with E-state index in [0.717, 1.165) is 16.3 Å². The molecule has 2 aromatic carbocycles. The van der Waals surface area contributed by atoms with Crippen LogP contribution in [0.3, 0.4) is 0 Å². The lowest BCUT2D eigenvalue weighted by molar-refractivity contribution is -0.0470. The number of anilines is 1. The van der Waals surface area contributed by atoms with Crippen LogP contribution in [0.1, 0.15) is 29.5 Å². The Morgan fingerprint density at radius 2 is 1.88 bits per heavy atom. The Kier molecular flexibility index (Phi) is 4.92. The number of ether oxygens (including phenoxy) is 1. The van der Waals surface area contributed by atoms with Gasteiger partial charge in [-0.25, -0.2) is 14.6 Å². The summed E-state index contributed by atoms with van der Waals surface area (Å²) in [5.41, 5.74) is 8.30. The van der Waals surface area contributed by atoms with Crippen molar-refractivity contribution < 1.29 is 14.9 Å². The Morgan fingerprint density at radius 3 is 2.59 bits per heavy atom. The van der Waals surface area contributed by atoms with Crippen molar-refractivity contribution in [2.45, 2.75) is 24.9 Å². The van der Waals surface area contributed by atoms with Crippen LogP contribution >= 0.6 is 0 Å². The average molecular weight is 426 g/mol. The number of aliphatic hydroxyl groups excluding tert-OH is 2. The number of nitrogens with zero attached hydrogens (tertiary/aromatic N) is 5. The minimum absolute atomic E-state index is 0.241. The number of aliphatic hydroxyl groups is 2. The second kappa shape index (κ2) is 7.91. The molecule has 5 rings (SSSR count). The highest BCUT2D eigenvalue weighted by atomic mass is 16.5. The predicted molar refractivity (Wildman–Crippen MR) is 116 cm³/mol. The van der Waals surface area contributed by atoms with Gasteiger partial charge < -0.3 is 20.7 Å². The molecule has 1 saturated heterocycles. The molecule has 0 unspecified atom stereocenters. The fraction of sp³-hybridized carbons (Fsp3) is 0.217. The molecular weight excluding hydrogens is 408 g/mol. The molecule has 4 N–H and O–H groups in total. The molecule has 32 heavy (non-hydrogen) atoms. The van der Waals surface area contributed by atoms with E-state index in [-0.39, 0.29) is 18.8 Å². The summed E-state index contributed by atoms with van der Waals surface area (Å²) < 4.78 is 7.26. The summed E-state index contributed by atoms with van der Waals surface area (Å²) in [5.74, 6) is 6.39. The number of nitrogen functional groups attached to an aromatic ring is 1. The summed E-state index contributed by atoms with van der Waals surface area (Å²) in [6.07, 6.45) is -0.511. The van der Waals surface area contributed by atoms with Gasteiger partial charge in [-0.05, 0) is 41.0 Å². The number of hydrogen-bond acceptors (Lipinski definition) is 8. The molecule has 9 nitrogen and oxygen atoms in total. The lowest BCUT2D eigenvalue weighted by Crippen LogP contribution is -2.24.